The van der Waals surface area contributed by atoms with Gasteiger partial charge in [0.2, 0.25) is 0 Å². The monoisotopic (exact) mass is 596 g/mol. The third-order valence-electron chi connectivity index (χ3n) is 5.31. The summed E-state index contributed by atoms with van der Waals surface area (Å²) in [6, 6.07) is 2.99. The van der Waals surface area contributed by atoms with Crippen molar-refractivity contribution in [2.75, 3.05) is 13.2 Å². The predicted octanol–water partition coefficient (Wildman–Crippen LogP) is 4.31. The number of hydrogen-bond acceptors (Lipinski definition) is 5. The van der Waals surface area contributed by atoms with Crippen molar-refractivity contribution in [2.45, 2.75) is 39.1 Å². The van der Waals surface area contributed by atoms with Crippen LogP contribution in [0.25, 0.3) is 5.65 Å². The SMILES string of the molecule is Cc1cc(OCc2c(F)ccc(F)c2F)c2nc(C)c(C(=O)NCC(C)(CF)NC(=O)O)n2c1.O=C(O)C(F)(F)F. The largest absolute Gasteiger partial charge is 0.490 e. The van der Waals surface area contributed by atoms with E-state index in [1.54, 1.807) is 13.1 Å². The van der Waals surface area contributed by atoms with E-state index >= 15 is 0 Å². The molecular weight excluding hydrogens is 573 g/mol. The fourth-order valence-corrected chi connectivity index (χ4v) is 3.33. The van der Waals surface area contributed by atoms with Gasteiger partial charge in [-0.3, -0.25) is 9.20 Å². The maximum atomic E-state index is 14.0. The van der Waals surface area contributed by atoms with Crippen LogP contribution in [0.15, 0.2) is 24.4 Å². The normalized spacial score (nSPS) is 12.6. The van der Waals surface area contributed by atoms with Gasteiger partial charge in [0.15, 0.2) is 23.0 Å². The minimum Gasteiger partial charge on any atom is -0.485 e. The molecule has 41 heavy (non-hydrogen) atoms. The van der Waals surface area contributed by atoms with E-state index in [0.29, 0.717) is 11.6 Å². The van der Waals surface area contributed by atoms with Crippen LogP contribution < -0.4 is 15.4 Å². The number of ether oxygens (including phenoxy) is 1. The van der Waals surface area contributed by atoms with Crippen LogP contribution in [0.3, 0.4) is 0 Å². The molecule has 4 N–H and O–H groups in total. The number of carbonyl (C=O) groups excluding carboxylic acids is 1. The van der Waals surface area contributed by atoms with Crippen LogP contribution in [0.2, 0.25) is 0 Å². The number of aliphatic carboxylic acids is 1. The number of pyridine rings is 1. The molecule has 0 radical (unpaired) electrons. The molecule has 1 unspecified atom stereocenters. The number of benzene rings is 1. The van der Waals surface area contributed by atoms with Crippen molar-refractivity contribution in [3.8, 4) is 5.75 Å². The van der Waals surface area contributed by atoms with Gasteiger partial charge in [0.1, 0.15) is 24.8 Å². The minimum absolute atomic E-state index is 0.0724. The number of halogens is 7. The number of carboxylic acids is 1. The summed E-state index contributed by atoms with van der Waals surface area (Å²) in [6.45, 7) is 2.49. The van der Waals surface area contributed by atoms with Gasteiger partial charge >= 0.3 is 18.2 Å². The van der Waals surface area contributed by atoms with E-state index in [1.165, 1.54) is 24.3 Å². The van der Waals surface area contributed by atoms with Crippen molar-refractivity contribution in [2.24, 2.45) is 0 Å². The third-order valence-corrected chi connectivity index (χ3v) is 5.31. The molecule has 17 heteroatoms. The molecule has 3 aromatic rings. The average molecular weight is 596 g/mol. The van der Waals surface area contributed by atoms with Crippen LogP contribution in [0.4, 0.5) is 35.5 Å². The molecule has 1 atom stereocenters. The Bertz CT molecular complexity index is 1460. The van der Waals surface area contributed by atoms with Gasteiger partial charge in [-0.25, -0.2) is 32.1 Å². The van der Waals surface area contributed by atoms with Crippen LogP contribution >= 0.6 is 0 Å². The second kappa shape index (κ2) is 12.7. The Kier molecular flexibility index (Phi) is 10.1. The van der Waals surface area contributed by atoms with Gasteiger partial charge in [-0.05, 0) is 44.5 Å². The summed E-state index contributed by atoms with van der Waals surface area (Å²) in [5, 5.41) is 20.5. The number of fused-ring (bicyclic) bond motifs is 1. The number of hydrogen-bond donors (Lipinski definition) is 4. The molecule has 0 saturated heterocycles. The fraction of sp³-hybridized carbons (Fsp3) is 0.333. The molecule has 0 spiro atoms. The number of carbonyl (C=O) groups is 3. The van der Waals surface area contributed by atoms with Gasteiger partial charge in [0.25, 0.3) is 5.91 Å². The Hall–Kier alpha value is -4.57. The second-order valence-corrected chi connectivity index (χ2v) is 8.84. The van der Waals surface area contributed by atoms with E-state index in [-0.39, 0.29) is 29.3 Å². The van der Waals surface area contributed by atoms with E-state index in [4.69, 9.17) is 19.7 Å². The number of nitrogens with zero attached hydrogens (tertiary/aromatic N) is 2. The van der Waals surface area contributed by atoms with Crippen LogP contribution in [-0.2, 0) is 11.4 Å². The Labute approximate surface area is 226 Å². The summed E-state index contributed by atoms with van der Waals surface area (Å²) < 4.78 is 93.4. The highest BCUT2D eigenvalue weighted by Gasteiger charge is 2.38. The zero-order valence-electron chi connectivity index (χ0n) is 21.5. The summed E-state index contributed by atoms with van der Waals surface area (Å²) in [7, 11) is 0. The molecule has 1 aromatic carbocycles. The number of imidazole rings is 1. The van der Waals surface area contributed by atoms with Crippen molar-refractivity contribution < 1.29 is 60.1 Å². The van der Waals surface area contributed by atoms with Crippen molar-refractivity contribution in [3.05, 3.63) is 64.4 Å². The van der Waals surface area contributed by atoms with Crippen LogP contribution in [0.1, 0.15) is 34.2 Å². The molecule has 3 rings (SSSR count). The Morgan fingerprint density at radius 3 is 2.20 bits per heavy atom. The molecular formula is C24H23F7N4O6. The molecule has 0 fully saturated rings. The first kappa shape index (κ1) is 32.6. The molecule has 0 aliphatic heterocycles. The summed E-state index contributed by atoms with van der Waals surface area (Å²) in [5.41, 5.74) is -1.04. The summed E-state index contributed by atoms with van der Waals surface area (Å²) in [4.78, 5) is 36.9. The van der Waals surface area contributed by atoms with Crippen molar-refractivity contribution >= 4 is 23.6 Å². The average Bonchev–Trinajstić information content (AvgIpc) is 3.20. The van der Waals surface area contributed by atoms with Crippen molar-refractivity contribution in [3.63, 3.8) is 0 Å². The molecule has 10 nitrogen and oxygen atoms in total. The van der Waals surface area contributed by atoms with E-state index in [0.717, 1.165) is 6.07 Å². The smallest absolute Gasteiger partial charge is 0.485 e. The topological polar surface area (TPSA) is 142 Å². The summed E-state index contributed by atoms with van der Waals surface area (Å²) in [6.07, 6.45) is -4.95. The van der Waals surface area contributed by atoms with E-state index in [1.807, 2.05) is 5.32 Å². The fourth-order valence-electron chi connectivity index (χ4n) is 3.33. The van der Waals surface area contributed by atoms with Crippen LogP contribution in [0, 0.1) is 31.3 Å². The number of nitrogens with one attached hydrogen (secondary N) is 2. The lowest BCUT2D eigenvalue weighted by molar-refractivity contribution is -0.192. The Morgan fingerprint density at radius 1 is 1.07 bits per heavy atom. The lowest BCUT2D eigenvalue weighted by Gasteiger charge is -2.26. The second-order valence-electron chi connectivity index (χ2n) is 8.84. The minimum atomic E-state index is -5.08. The van der Waals surface area contributed by atoms with Gasteiger partial charge in [0, 0.05) is 12.7 Å². The first-order valence-corrected chi connectivity index (χ1v) is 11.3. The number of rotatable bonds is 8. The Morgan fingerprint density at radius 2 is 1.66 bits per heavy atom. The first-order chi connectivity index (χ1) is 18.9. The molecule has 0 bridgehead atoms. The maximum Gasteiger partial charge on any atom is 0.490 e. The number of aromatic nitrogens is 2. The first-order valence-electron chi connectivity index (χ1n) is 11.3. The highest BCUT2D eigenvalue weighted by Crippen LogP contribution is 2.26. The third kappa shape index (κ3) is 8.21. The lowest BCUT2D eigenvalue weighted by Crippen LogP contribution is -2.55. The highest BCUT2D eigenvalue weighted by molar-refractivity contribution is 5.95. The van der Waals surface area contributed by atoms with E-state index < -0.39 is 66.0 Å². The number of aryl methyl sites for hydroxylation is 2. The summed E-state index contributed by atoms with van der Waals surface area (Å²) >= 11 is 0. The number of carboxylic acid groups (broad SMARTS) is 2. The zero-order valence-corrected chi connectivity index (χ0v) is 21.5. The van der Waals surface area contributed by atoms with E-state index in [2.05, 4.69) is 10.3 Å². The molecule has 2 amide bonds. The molecule has 0 aliphatic rings. The van der Waals surface area contributed by atoms with E-state index in [9.17, 15) is 40.3 Å². The van der Waals surface area contributed by atoms with Gasteiger partial charge in [-0.1, -0.05) is 0 Å². The molecule has 224 valence electrons. The molecule has 2 heterocycles. The maximum absolute atomic E-state index is 14.0. The van der Waals surface area contributed by atoms with Gasteiger partial charge in [-0.2, -0.15) is 13.2 Å². The Balaban J connectivity index is 0.000000745. The standard InChI is InChI=1S/C22H22F4N4O4.C2HF3O2/c1-11-6-16(34-8-13-14(24)4-5-15(25)17(13)26)19-28-12(2)18(30(19)7-11)20(31)27-10-22(3,9-23)29-21(32)33;3-2(4,5)1(6)7/h4-7,29H,8-10H2,1-3H3,(H,27,31)(H,32,33);(H,6,7). The van der Waals surface area contributed by atoms with Crippen LogP contribution in [-0.4, -0.2) is 62.5 Å². The van der Waals surface area contributed by atoms with Crippen molar-refractivity contribution in [1.29, 1.82) is 0 Å². The van der Waals surface area contributed by atoms with Crippen molar-refractivity contribution in [1.82, 2.24) is 20.0 Å². The number of alkyl halides is 4. The molecule has 2 aromatic heterocycles. The van der Waals surface area contributed by atoms with Gasteiger partial charge in [0.05, 0.1) is 16.8 Å². The van der Waals surface area contributed by atoms with Gasteiger partial charge in [-0.15, -0.1) is 0 Å². The lowest BCUT2D eigenvalue weighted by atomic mass is 10.1. The predicted molar refractivity (Wildman–Crippen MR) is 127 cm³/mol. The quantitative estimate of drug-likeness (QED) is 0.224. The highest BCUT2D eigenvalue weighted by atomic mass is 19.4. The molecule has 0 saturated carbocycles. The number of amides is 2. The van der Waals surface area contributed by atoms with Gasteiger partial charge < -0.3 is 25.6 Å². The zero-order chi connectivity index (χ0) is 31.3. The summed E-state index contributed by atoms with van der Waals surface area (Å²) in [5.74, 6) is -6.89. The molecule has 0 aliphatic carbocycles. The van der Waals surface area contributed by atoms with Crippen LogP contribution in [0.5, 0.6) is 5.75 Å².